The first-order valence-corrected chi connectivity index (χ1v) is 8.45. The van der Waals surface area contributed by atoms with Crippen molar-refractivity contribution in [1.29, 1.82) is 0 Å². The summed E-state index contributed by atoms with van der Waals surface area (Å²) in [4.78, 5) is 14.8. The molecule has 1 saturated heterocycles. The van der Waals surface area contributed by atoms with Crippen LogP contribution in [0.2, 0.25) is 0 Å². The maximum absolute atomic E-state index is 12.9. The van der Waals surface area contributed by atoms with Crippen LogP contribution in [0.25, 0.3) is 11.3 Å². The Morgan fingerprint density at radius 2 is 2.08 bits per heavy atom. The number of likely N-dealkylation sites (tertiary alicyclic amines) is 1. The summed E-state index contributed by atoms with van der Waals surface area (Å²) >= 11 is 0. The molecule has 4 rings (SSSR count). The van der Waals surface area contributed by atoms with Crippen molar-refractivity contribution < 1.29 is 9.32 Å². The molecule has 0 spiro atoms. The molecule has 1 aliphatic heterocycles. The zero-order valence-electron chi connectivity index (χ0n) is 14.3. The first-order valence-electron chi connectivity index (χ1n) is 8.45. The second-order valence-corrected chi connectivity index (χ2v) is 6.55. The molecule has 1 aromatic carbocycles. The Balaban J connectivity index is 1.57. The largest absolute Gasteiger partial charge is 0.350 e. The molecule has 6 nitrogen and oxygen atoms in total. The molecular formula is C19H20N4O2. The zero-order chi connectivity index (χ0) is 17.4. The quantitative estimate of drug-likeness (QED) is 0.736. The maximum atomic E-state index is 12.9. The third-order valence-corrected chi connectivity index (χ3v) is 4.69. The number of aromatic nitrogens is 3. The Kier molecular flexibility index (Phi) is 3.87. The Labute approximate surface area is 146 Å². The fourth-order valence-electron chi connectivity index (χ4n) is 3.35. The predicted octanol–water partition coefficient (Wildman–Crippen LogP) is 3.36. The van der Waals surface area contributed by atoms with E-state index >= 15 is 0 Å². The molecule has 2 aromatic heterocycles. The number of amides is 1. The van der Waals surface area contributed by atoms with Crippen LogP contribution in [0.15, 0.2) is 47.2 Å². The van der Waals surface area contributed by atoms with Crippen molar-refractivity contribution in [2.75, 3.05) is 6.54 Å². The van der Waals surface area contributed by atoms with Gasteiger partial charge < -0.3 is 9.42 Å². The number of nitrogens with zero attached hydrogens (tertiary/aromatic N) is 4. The first kappa shape index (κ1) is 15.6. The minimum atomic E-state index is -0.114. The highest BCUT2D eigenvalue weighted by Gasteiger charge is 2.33. The van der Waals surface area contributed by atoms with E-state index in [1.165, 1.54) is 5.56 Å². The van der Waals surface area contributed by atoms with Crippen LogP contribution >= 0.6 is 0 Å². The van der Waals surface area contributed by atoms with Crippen molar-refractivity contribution in [3.05, 3.63) is 59.6 Å². The summed E-state index contributed by atoms with van der Waals surface area (Å²) in [5, 5.41) is 8.29. The molecule has 0 radical (unpaired) electrons. The molecule has 1 fully saturated rings. The summed E-state index contributed by atoms with van der Waals surface area (Å²) in [5.74, 6) is 0.170. The smallest absolute Gasteiger partial charge is 0.292 e. The van der Waals surface area contributed by atoms with Crippen LogP contribution in [0.3, 0.4) is 0 Å². The molecule has 3 heterocycles. The topological polar surface area (TPSA) is 64.2 Å². The van der Waals surface area contributed by atoms with Gasteiger partial charge in [0.1, 0.15) is 5.69 Å². The van der Waals surface area contributed by atoms with E-state index in [2.05, 4.69) is 10.3 Å². The van der Waals surface area contributed by atoms with Crippen LogP contribution < -0.4 is 0 Å². The number of carbonyl (C=O) groups is 1. The van der Waals surface area contributed by atoms with Crippen LogP contribution in [0.4, 0.5) is 0 Å². The summed E-state index contributed by atoms with van der Waals surface area (Å²) in [5.41, 5.74) is 3.87. The van der Waals surface area contributed by atoms with Crippen LogP contribution in [0.1, 0.15) is 40.6 Å². The van der Waals surface area contributed by atoms with Crippen LogP contribution in [-0.4, -0.2) is 32.3 Å². The summed E-state index contributed by atoms with van der Waals surface area (Å²) in [6.07, 6.45) is 5.71. The van der Waals surface area contributed by atoms with Crippen molar-refractivity contribution in [1.82, 2.24) is 19.8 Å². The van der Waals surface area contributed by atoms with Crippen LogP contribution in [-0.2, 0) is 7.05 Å². The van der Waals surface area contributed by atoms with Gasteiger partial charge in [-0.05, 0) is 19.8 Å². The average Bonchev–Trinajstić information content (AvgIpc) is 3.35. The molecule has 0 unspecified atom stereocenters. The number of rotatable bonds is 3. The lowest BCUT2D eigenvalue weighted by molar-refractivity contribution is 0.0693. The van der Waals surface area contributed by atoms with E-state index in [1.807, 2.05) is 55.5 Å². The molecule has 3 aromatic rings. The van der Waals surface area contributed by atoms with Gasteiger partial charge in [0.2, 0.25) is 5.76 Å². The number of hydrogen-bond acceptors (Lipinski definition) is 4. The van der Waals surface area contributed by atoms with E-state index in [-0.39, 0.29) is 17.7 Å². The van der Waals surface area contributed by atoms with Crippen molar-refractivity contribution >= 4 is 5.91 Å². The number of aryl methyl sites for hydroxylation is 2. The summed E-state index contributed by atoms with van der Waals surface area (Å²) in [6, 6.07) is 9.78. The highest BCUT2D eigenvalue weighted by atomic mass is 16.5. The SMILES string of the molecule is Cc1ccc(-c2cc(C(=O)N3CCC[C@H]3c3cnn(C)c3)on2)cc1. The third-order valence-electron chi connectivity index (χ3n) is 4.69. The van der Waals surface area contributed by atoms with Gasteiger partial charge in [-0.2, -0.15) is 5.10 Å². The Morgan fingerprint density at radius 3 is 2.80 bits per heavy atom. The third kappa shape index (κ3) is 2.95. The van der Waals surface area contributed by atoms with Gasteiger partial charge in [-0.3, -0.25) is 9.48 Å². The van der Waals surface area contributed by atoms with Crippen molar-refractivity contribution in [3.8, 4) is 11.3 Å². The van der Waals surface area contributed by atoms with Gasteiger partial charge in [0.15, 0.2) is 0 Å². The van der Waals surface area contributed by atoms with E-state index < -0.39 is 0 Å². The molecule has 1 aliphatic rings. The van der Waals surface area contributed by atoms with E-state index in [0.29, 0.717) is 5.69 Å². The highest BCUT2D eigenvalue weighted by molar-refractivity contribution is 5.93. The summed E-state index contributed by atoms with van der Waals surface area (Å²) < 4.78 is 7.12. The van der Waals surface area contributed by atoms with Gasteiger partial charge in [0.05, 0.1) is 12.2 Å². The van der Waals surface area contributed by atoms with Gasteiger partial charge in [-0.25, -0.2) is 0 Å². The van der Waals surface area contributed by atoms with Crippen LogP contribution in [0.5, 0.6) is 0 Å². The molecule has 128 valence electrons. The molecule has 0 N–H and O–H groups in total. The van der Waals surface area contributed by atoms with Gasteiger partial charge in [0.25, 0.3) is 5.91 Å². The van der Waals surface area contributed by atoms with Crippen LogP contribution in [0, 0.1) is 6.92 Å². The Morgan fingerprint density at radius 1 is 1.28 bits per heavy atom. The van der Waals surface area contributed by atoms with E-state index in [0.717, 1.165) is 30.5 Å². The predicted molar refractivity (Wildman–Crippen MR) is 92.9 cm³/mol. The minimum Gasteiger partial charge on any atom is -0.350 e. The average molecular weight is 336 g/mol. The monoisotopic (exact) mass is 336 g/mol. The summed E-state index contributed by atoms with van der Waals surface area (Å²) in [7, 11) is 1.88. The lowest BCUT2D eigenvalue weighted by Crippen LogP contribution is -2.30. The molecule has 6 heteroatoms. The minimum absolute atomic E-state index is 0.0501. The summed E-state index contributed by atoms with van der Waals surface area (Å²) in [6.45, 7) is 2.76. The molecule has 0 bridgehead atoms. The number of benzene rings is 1. The van der Waals surface area contributed by atoms with E-state index in [9.17, 15) is 4.79 Å². The molecule has 0 aliphatic carbocycles. The lowest BCUT2D eigenvalue weighted by Gasteiger charge is -2.22. The molecule has 1 atom stereocenters. The van der Waals surface area contributed by atoms with Crippen molar-refractivity contribution in [3.63, 3.8) is 0 Å². The van der Waals surface area contributed by atoms with Gasteiger partial charge in [-0.15, -0.1) is 0 Å². The molecule has 25 heavy (non-hydrogen) atoms. The fraction of sp³-hybridized carbons (Fsp3) is 0.316. The first-order chi connectivity index (χ1) is 12.1. The lowest BCUT2D eigenvalue weighted by atomic mass is 10.1. The molecule has 0 saturated carbocycles. The molecule has 1 amide bonds. The van der Waals surface area contributed by atoms with Gasteiger partial charge >= 0.3 is 0 Å². The van der Waals surface area contributed by atoms with Crippen molar-refractivity contribution in [2.45, 2.75) is 25.8 Å². The van der Waals surface area contributed by atoms with Gasteiger partial charge in [-0.1, -0.05) is 35.0 Å². The number of carbonyl (C=O) groups excluding carboxylic acids is 1. The highest BCUT2D eigenvalue weighted by Crippen LogP contribution is 2.33. The van der Waals surface area contributed by atoms with Crippen molar-refractivity contribution in [2.24, 2.45) is 7.05 Å². The second-order valence-electron chi connectivity index (χ2n) is 6.55. The maximum Gasteiger partial charge on any atom is 0.292 e. The van der Waals surface area contributed by atoms with E-state index in [1.54, 1.807) is 10.7 Å². The zero-order valence-corrected chi connectivity index (χ0v) is 14.3. The second kappa shape index (κ2) is 6.20. The standard InChI is InChI=1S/C19H20N4O2/c1-13-5-7-14(8-6-13)16-10-18(25-21-16)19(24)23-9-3-4-17(23)15-11-20-22(2)12-15/h5-8,10-12,17H,3-4,9H2,1-2H3/t17-/m0/s1. The Hall–Kier alpha value is -2.89. The van der Waals surface area contributed by atoms with E-state index in [4.69, 9.17) is 4.52 Å². The molecular weight excluding hydrogens is 316 g/mol. The fourth-order valence-corrected chi connectivity index (χ4v) is 3.35. The normalized spacial score (nSPS) is 17.2. The number of hydrogen-bond donors (Lipinski definition) is 0. The van der Waals surface area contributed by atoms with Gasteiger partial charge in [0, 0.05) is 37.0 Å². The Bertz CT molecular complexity index is 894.